The monoisotopic (exact) mass is 435 g/mol. The van der Waals surface area contributed by atoms with Crippen molar-refractivity contribution >= 4 is 27.7 Å². The molecule has 0 aliphatic heterocycles. The number of halogens is 1. The molecule has 6 nitrogen and oxygen atoms in total. The van der Waals surface area contributed by atoms with E-state index in [2.05, 4.69) is 31.4 Å². The molecule has 0 atom stereocenters. The maximum Gasteiger partial charge on any atom is 0.260 e. The zero-order chi connectivity index (χ0) is 19.5. The number of aromatic nitrogens is 4. The molecule has 1 N–H and O–H groups in total. The first-order chi connectivity index (χ1) is 13.6. The molecule has 0 saturated heterocycles. The van der Waals surface area contributed by atoms with Crippen LogP contribution in [0.15, 0.2) is 77.5 Å². The number of nitrogens with one attached hydrogen (secondary N) is 1. The quantitative estimate of drug-likeness (QED) is 0.503. The third-order valence-corrected chi connectivity index (χ3v) is 4.99. The van der Waals surface area contributed by atoms with Crippen molar-refractivity contribution in [3.05, 3.63) is 94.4 Å². The summed E-state index contributed by atoms with van der Waals surface area (Å²) in [7, 11) is 0. The zero-order valence-electron chi connectivity index (χ0n) is 15.2. The fourth-order valence-corrected chi connectivity index (χ4v) is 3.24. The van der Waals surface area contributed by atoms with Crippen molar-refractivity contribution in [3.63, 3.8) is 0 Å². The van der Waals surface area contributed by atoms with Crippen LogP contribution in [0.25, 0.3) is 5.69 Å². The SMILES string of the molecule is Cc1c(C(=O)Nc2ccnn2Cc2ccc(Br)cc2)cnn1-c1ccccc1. The predicted molar refractivity (Wildman–Crippen MR) is 112 cm³/mol. The van der Waals surface area contributed by atoms with Gasteiger partial charge in [-0.3, -0.25) is 4.79 Å². The van der Waals surface area contributed by atoms with Crippen molar-refractivity contribution < 1.29 is 4.79 Å². The lowest BCUT2D eigenvalue weighted by atomic mass is 10.2. The molecule has 7 heteroatoms. The van der Waals surface area contributed by atoms with Gasteiger partial charge in [-0.15, -0.1) is 0 Å². The van der Waals surface area contributed by atoms with Crippen LogP contribution in [0, 0.1) is 6.92 Å². The molecule has 0 radical (unpaired) electrons. The van der Waals surface area contributed by atoms with E-state index in [9.17, 15) is 4.79 Å². The minimum Gasteiger partial charge on any atom is -0.307 e. The number of carbonyl (C=O) groups is 1. The molecule has 0 aliphatic rings. The van der Waals surface area contributed by atoms with Crippen molar-refractivity contribution in [2.24, 2.45) is 0 Å². The van der Waals surface area contributed by atoms with E-state index in [1.807, 2.05) is 61.5 Å². The van der Waals surface area contributed by atoms with Gasteiger partial charge in [-0.2, -0.15) is 10.2 Å². The van der Waals surface area contributed by atoms with Crippen molar-refractivity contribution in [1.29, 1.82) is 0 Å². The van der Waals surface area contributed by atoms with E-state index >= 15 is 0 Å². The molecule has 140 valence electrons. The fraction of sp³-hybridized carbons (Fsp3) is 0.0952. The molecule has 0 saturated carbocycles. The van der Waals surface area contributed by atoms with Gasteiger partial charge < -0.3 is 5.32 Å². The molecule has 28 heavy (non-hydrogen) atoms. The minimum atomic E-state index is -0.211. The molecular formula is C21H18BrN5O. The molecule has 2 aromatic heterocycles. The largest absolute Gasteiger partial charge is 0.307 e. The number of nitrogens with zero attached hydrogens (tertiary/aromatic N) is 4. The number of para-hydroxylation sites is 1. The Hall–Kier alpha value is -3.19. The minimum absolute atomic E-state index is 0.211. The van der Waals surface area contributed by atoms with Crippen LogP contribution in [0.5, 0.6) is 0 Å². The van der Waals surface area contributed by atoms with Gasteiger partial charge in [0.1, 0.15) is 5.82 Å². The summed E-state index contributed by atoms with van der Waals surface area (Å²) in [6, 6.07) is 19.5. The molecule has 2 aromatic carbocycles. The summed E-state index contributed by atoms with van der Waals surface area (Å²) < 4.78 is 4.54. The maximum atomic E-state index is 12.8. The molecular weight excluding hydrogens is 418 g/mol. The van der Waals surface area contributed by atoms with E-state index in [1.54, 1.807) is 27.8 Å². The average Bonchev–Trinajstić information content (AvgIpc) is 3.30. The van der Waals surface area contributed by atoms with Gasteiger partial charge in [-0.05, 0) is 36.8 Å². The summed E-state index contributed by atoms with van der Waals surface area (Å²) in [4.78, 5) is 12.8. The number of benzene rings is 2. The van der Waals surface area contributed by atoms with Crippen LogP contribution >= 0.6 is 15.9 Å². The smallest absolute Gasteiger partial charge is 0.260 e. The van der Waals surface area contributed by atoms with Gasteiger partial charge in [-0.25, -0.2) is 9.36 Å². The highest BCUT2D eigenvalue weighted by Gasteiger charge is 2.17. The van der Waals surface area contributed by atoms with Crippen molar-refractivity contribution in [2.75, 3.05) is 5.32 Å². The van der Waals surface area contributed by atoms with Gasteiger partial charge in [-0.1, -0.05) is 46.3 Å². The summed E-state index contributed by atoms with van der Waals surface area (Å²) in [5.74, 6) is 0.428. The Bertz CT molecular complexity index is 1100. The topological polar surface area (TPSA) is 64.7 Å². The van der Waals surface area contributed by atoms with E-state index in [0.717, 1.165) is 21.4 Å². The van der Waals surface area contributed by atoms with Gasteiger partial charge >= 0.3 is 0 Å². The van der Waals surface area contributed by atoms with Crippen molar-refractivity contribution in [2.45, 2.75) is 13.5 Å². The van der Waals surface area contributed by atoms with Crippen LogP contribution in [-0.4, -0.2) is 25.5 Å². The molecule has 4 rings (SSSR count). The lowest BCUT2D eigenvalue weighted by Crippen LogP contribution is -2.17. The second-order valence-corrected chi connectivity index (χ2v) is 7.26. The van der Waals surface area contributed by atoms with E-state index in [1.165, 1.54) is 0 Å². The van der Waals surface area contributed by atoms with E-state index in [0.29, 0.717) is 17.9 Å². The van der Waals surface area contributed by atoms with Crippen LogP contribution in [-0.2, 0) is 6.54 Å². The third kappa shape index (κ3) is 3.75. The Balaban J connectivity index is 1.53. The van der Waals surface area contributed by atoms with Gasteiger partial charge in [0.25, 0.3) is 5.91 Å². The Morgan fingerprint density at radius 2 is 1.79 bits per heavy atom. The van der Waals surface area contributed by atoms with Gasteiger partial charge in [0, 0.05) is 10.5 Å². The number of rotatable bonds is 5. The summed E-state index contributed by atoms with van der Waals surface area (Å²) in [5.41, 5.74) is 3.32. The Kier molecular flexibility index (Phi) is 5.08. The van der Waals surface area contributed by atoms with Gasteiger partial charge in [0.15, 0.2) is 0 Å². The summed E-state index contributed by atoms with van der Waals surface area (Å²) in [5, 5.41) is 11.6. The lowest BCUT2D eigenvalue weighted by molar-refractivity contribution is 0.102. The second-order valence-electron chi connectivity index (χ2n) is 6.35. The first-order valence-corrected chi connectivity index (χ1v) is 9.59. The average molecular weight is 436 g/mol. The summed E-state index contributed by atoms with van der Waals surface area (Å²) in [6.07, 6.45) is 3.27. The highest BCUT2D eigenvalue weighted by molar-refractivity contribution is 9.10. The standard InChI is InChI=1S/C21H18BrN5O/c1-15-19(13-24-27(15)18-5-3-2-4-6-18)21(28)25-20-11-12-23-26(20)14-16-7-9-17(22)10-8-16/h2-13H,14H2,1H3,(H,25,28). The van der Waals surface area contributed by atoms with E-state index < -0.39 is 0 Å². The second kappa shape index (κ2) is 7.82. The van der Waals surface area contributed by atoms with Crippen LogP contribution < -0.4 is 5.32 Å². The predicted octanol–water partition coefficient (Wildman–Crippen LogP) is 4.44. The summed E-state index contributed by atoms with van der Waals surface area (Å²) in [6.45, 7) is 2.45. The summed E-state index contributed by atoms with van der Waals surface area (Å²) >= 11 is 3.43. The van der Waals surface area contributed by atoms with Crippen molar-refractivity contribution in [1.82, 2.24) is 19.6 Å². The third-order valence-electron chi connectivity index (χ3n) is 4.46. The molecule has 0 aliphatic carbocycles. The zero-order valence-corrected chi connectivity index (χ0v) is 16.8. The normalized spacial score (nSPS) is 10.8. The van der Waals surface area contributed by atoms with E-state index in [4.69, 9.17) is 0 Å². The van der Waals surface area contributed by atoms with E-state index in [-0.39, 0.29) is 5.91 Å². The van der Waals surface area contributed by atoms with Crippen LogP contribution in [0.3, 0.4) is 0 Å². The Morgan fingerprint density at radius 1 is 1.04 bits per heavy atom. The van der Waals surface area contributed by atoms with Crippen LogP contribution in [0.1, 0.15) is 21.6 Å². The van der Waals surface area contributed by atoms with Crippen LogP contribution in [0.2, 0.25) is 0 Å². The first-order valence-electron chi connectivity index (χ1n) is 8.79. The first kappa shape index (κ1) is 18.2. The van der Waals surface area contributed by atoms with Gasteiger partial charge in [0.2, 0.25) is 0 Å². The molecule has 0 bridgehead atoms. The highest BCUT2D eigenvalue weighted by atomic mass is 79.9. The molecule has 1 amide bonds. The Labute approximate surface area is 170 Å². The molecule has 0 unspecified atom stereocenters. The molecule has 0 spiro atoms. The van der Waals surface area contributed by atoms with Crippen molar-refractivity contribution in [3.8, 4) is 5.69 Å². The fourth-order valence-electron chi connectivity index (χ4n) is 2.97. The number of carbonyl (C=O) groups excluding carboxylic acids is 1. The van der Waals surface area contributed by atoms with Gasteiger partial charge in [0.05, 0.1) is 35.9 Å². The number of anilines is 1. The number of hydrogen-bond donors (Lipinski definition) is 1. The molecule has 4 aromatic rings. The number of hydrogen-bond acceptors (Lipinski definition) is 3. The Morgan fingerprint density at radius 3 is 2.54 bits per heavy atom. The highest BCUT2D eigenvalue weighted by Crippen LogP contribution is 2.17. The number of amides is 1. The molecule has 0 fully saturated rings. The maximum absolute atomic E-state index is 12.8. The molecule has 2 heterocycles. The lowest BCUT2D eigenvalue weighted by Gasteiger charge is -2.09. The van der Waals surface area contributed by atoms with Crippen LogP contribution in [0.4, 0.5) is 5.82 Å².